The van der Waals surface area contributed by atoms with Gasteiger partial charge in [-0.2, -0.15) is 5.11 Å². The first-order valence-electron chi connectivity index (χ1n) is 4.57. The molecule has 0 unspecified atom stereocenters. The van der Waals surface area contributed by atoms with Crippen LogP contribution in [-0.2, 0) is 0 Å². The molecule has 0 aliphatic carbocycles. The smallest absolute Gasteiger partial charge is 0.200 e. The zero-order valence-corrected chi connectivity index (χ0v) is 9.23. The Kier molecular flexibility index (Phi) is 4.00. The molecule has 0 fully saturated rings. The summed E-state index contributed by atoms with van der Waals surface area (Å²) in [4.78, 5) is 0. The van der Waals surface area contributed by atoms with E-state index in [0.717, 1.165) is 0 Å². The van der Waals surface area contributed by atoms with Gasteiger partial charge in [0.1, 0.15) is 5.76 Å². The predicted octanol–water partition coefficient (Wildman–Crippen LogP) is 4.28. The fourth-order valence-corrected chi connectivity index (χ4v) is 0.878. The SMILES string of the molecule is C/C(O)=C(C)/N=N/c1c(F)c(F)c(F)c(F)c1F. The maximum atomic E-state index is 13.1. The van der Waals surface area contributed by atoms with Crippen LogP contribution < -0.4 is 0 Å². The van der Waals surface area contributed by atoms with Crippen molar-refractivity contribution in [2.24, 2.45) is 10.2 Å². The van der Waals surface area contributed by atoms with E-state index in [-0.39, 0.29) is 11.5 Å². The second kappa shape index (κ2) is 5.11. The first-order chi connectivity index (χ1) is 8.27. The summed E-state index contributed by atoms with van der Waals surface area (Å²) in [7, 11) is 0. The fraction of sp³-hybridized carbons (Fsp3) is 0.200. The third kappa shape index (κ3) is 2.47. The molecule has 0 aliphatic heterocycles. The average Bonchev–Trinajstić information content (AvgIpc) is 2.33. The Bertz CT molecular complexity index is 521. The van der Waals surface area contributed by atoms with E-state index >= 15 is 0 Å². The van der Waals surface area contributed by atoms with E-state index in [4.69, 9.17) is 5.11 Å². The lowest BCUT2D eigenvalue weighted by atomic mass is 10.2. The lowest BCUT2D eigenvalue weighted by Crippen LogP contribution is -2.00. The Morgan fingerprint density at radius 3 is 1.61 bits per heavy atom. The van der Waals surface area contributed by atoms with E-state index in [1.165, 1.54) is 13.8 Å². The van der Waals surface area contributed by atoms with Crippen LogP contribution in [0.3, 0.4) is 0 Å². The van der Waals surface area contributed by atoms with Crippen LogP contribution >= 0.6 is 0 Å². The maximum absolute atomic E-state index is 13.1. The molecule has 8 heteroatoms. The number of azo groups is 1. The fourth-order valence-electron chi connectivity index (χ4n) is 0.878. The first kappa shape index (κ1) is 14.1. The molecule has 0 radical (unpaired) electrons. The quantitative estimate of drug-likeness (QED) is 0.280. The van der Waals surface area contributed by atoms with Gasteiger partial charge in [-0.25, -0.2) is 22.0 Å². The van der Waals surface area contributed by atoms with Gasteiger partial charge in [-0.1, -0.05) is 0 Å². The van der Waals surface area contributed by atoms with Crippen molar-refractivity contribution in [3.63, 3.8) is 0 Å². The Morgan fingerprint density at radius 2 is 1.22 bits per heavy atom. The summed E-state index contributed by atoms with van der Waals surface area (Å²) in [6.45, 7) is 2.46. The van der Waals surface area contributed by atoms with Crippen molar-refractivity contribution in [2.45, 2.75) is 13.8 Å². The van der Waals surface area contributed by atoms with Gasteiger partial charge in [0.25, 0.3) is 0 Å². The van der Waals surface area contributed by atoms with Gasteiger partial charge in [-0.05, 0) is 13.8 Å². The van der Waals surface area contributed by atoms with Crippen LogP contribution in [0.5, 0.6) is 0 Å². The Balaban J connectivity index is 3.40. The molecule has 0 aliphatic rings. The lowest BCUT2D eigenvalue weighted by Gasteiger charge is -2.02. The van der Waals surface area contributed by atoms with Gasteiger partial charge in [-0.15, -0.1) is 5.11 Å². The van der Waals surface area contributed by atoms with E-state index in [1.807, 2.05) is 0 Å². The molecule has 0 saturated heterocycles. The standard InChI is InChI=1S/C10H7F5N2O/c1-3(4(2)18)16-17-10-8(14)6(12)5(11)7(13)9(10)15/h18H,1-2H3/b4-3-,17-16+. The predicted molar refractivity (Wildman–Crippen MR) is 51.8 cm³/mol. The largest absolute Gasteiger partial charge is 0.511 e. The van der Waals surface area contributed by atoms with Crippen molar-refractivity contribution in [1.29, 1.82) is 0 Å². The average molecular weight is 266 g/mol. The van der Waals surface area contributed by atoms with Crippen LogP contribution in [0.2, 0.25) is 0 Å². The summed E-state index contributed by atoms with van der Waals surface area (Å²) < 4.78 is 64.4. The number of allylic oxidation sites excluding steroid dienone is 2. The van der Waals surface area contributed by atoms with Gasteiger partial charge in [0.05, 0.1) is 5.70 Å². The molecule has 0 aromatic heterocycles. The molecule has 0 bridgehead atoms. The van der Waals surface area contributed by atoms with Crippen LogP contribution in [0.1, 0.15) is 13.8 Å². The van der Waals surface area contributed by atoms with Crippen LogP contribution in [0.25, 0.3) is 0 Å². The normalized spacial score (nSPS) is 13.1. The number of aliphatic hydroxyl groups is 1. The molecule has 18 heavy (non-hydrogen) atoms. The van der Waals surface area contributed by atoms with Crippen molar-refractivity contribution >= 4 is 5.69 Å². The van der Waals surface area contributed by atoms with Gasteiger partial charge in [0, 0.05) is 0 Å². The number of halogens is 5. The van der Waals surface area contributed by atoms with Crippen LogP contribution in [0.15, 0.2) is 21.7 Å². The van der Waals surface area contributed by atoms with Gasteiger partial charge in [0.2, 0.25) is 5.82 Å². The molecule has 1 N–H and O–H groups in total. The number of hydrogen-bond acceptors (Lipinski definition) is 3. The summed E-state index contributed by atoms with van der Waals surface area (Å²) in [5.74, 6) is -11.0. The number of hydrogen-bond donors (Lipinski definition) is 1. The molecule has 98 valence electrons. The molecule has 1 aromatic rings. The molecule has 1 aromatic carbocycles. The first-order valence-corrected chi connectivity index (χ1v) is 4.57. The second-order valence-electron chi connectivity index (χ2n) is 3.29. The summed E-state index contributed by atoms with van der Waals surface area (Å²) in [5.41, 5.74) is -1.54. The van der Waals surface area contributed by atoms with Gasteiger partial charge >= 0.3 is 0 Å². The van der Waals surface area contributed by atoms with Crippen molar-refractivity contribution in [1.82, 2.24) is 0 Å². The van der Waals surface area contributed by atoms with E-state index in [9.17, 15) is 22.0 Å². The minimum absolute atomic E-state index is 0.126. The molecule has 0 heterocycles. The highest BCUT2D eigenvalue weighted by Crippen LogP contribution is 2.30. The number of benzene rings is 1. The second-order valence-corrected chi connectivity index (χ2v) is 3.29. The monoisotopic (exact) mass is 266 g/mol. The number of aliphatic hydroxyl groups excluding tert-OH is 1. The lowest BCUT2D eigenvalue weighted by molar-refractivity contribution is 0.380. The van der Waals surface area contributed by atoms with Crippen LogP contribution in [-0.4, -0.2) is 5.11 Å². The molecular weight excluding hydrogens is 259 g/mol. The number of rotatable bonds is 2. The summed E-state index contributed by atoms with van der Waals surface area (Å²) in [5, 5.41) is 15.0. The van der Waals surface area contributed by atoms with Crippen LogP contribution in [0.4, 0.5) is 27.6 Å². The highest BCUT2D eigenvalue weighted by Gasteiger charge is 2.25. The van der Waals surface area contributed by atoms with E-state index in [1.54, 1.807) is 0 Å². The van der Waals surface area contributed by atoms with Crippen molar-refractivity contribution < 1.29 is 27.1 Å². The van der Waals surface area contributed by atoms with Gasteiger partial charge < -0.3 is 5.11 Å². The molecular formula is C10H7F5N2O. The zero-order chi connectivity index (χ0) is 14.0. The summed E-state index contributed by atoms with van der Waals surface area (Å²) >= 11 is 0. The van der Waals surface area contributed by atoms with E-state index < -0.39 is 34.8 Å². The minimum Gasteiger partial charge on any atom is -0.511 e. The summed E-state index contributed by atoms with van der Waals surface area (Å²) in [6.07, 6.45) is 0. The Hall–Kier alpha value is -1.99. The molecule has 0 saturated carbocycles. The molecule has 0 spiro atoms. The molecule has 0 amide bonds. The van der Waals surface area contributed by atoms with Crippen molar-refractivity contribution in [2.75, 3.05) is 0 Å². The highest BCUT2D eigenvalue weighted by atomic mass is 19.2. The Morgan fingerprint density at radius 1 is 0.833 bits per heavy atom. The zero-order valence-electron chi connectivity index (χ0n) is 9.23. The third-order valence-electron chi connectivity index (χ3n) is 2.01. The van der Waals surface area contributed by atoms with Gasteiger partial charge in [0.15, 0.2) is 29.0 Å². The topological polar surface area (TPSA) is 45.0 Å². The van der Waals surface area contributed by atoms with Crippen molar-refractivity contribution in [3.8, 4) is 0 Å². The van der Waals surface area contributed by atoms with Gasteiger partial charge in [-0.3, -0.25) is 0 Å². The maximum Gasteiger partial charge on any atom is 0.200 e. The van der Waals surface area contributed by atoms with Crippen molar-refractivity contribution in [3.05, 3.63) is 40.5 Å². The van der Waals surface area contributed by atoms with E-state index in [2.05, 4.69) is 10.2 Å². The third-order valence-corrected chi connectivity index (χ3v) is 2.01. The Labute approximate surface area is 98.3 Å². The number of nitrogens with zero attached hydrogens (tertiary/aromatic N) is 2. The minimum atomic E-state index is -2.27. The van der Waals surface area contributed by atoms with Crippen LogP contribution in [0, 0.1) is 29.1 Å². The molecule has 1 rings (SSSR count). The highest BCUT2D eigenvalue weighted by molar-refractivity contribution is 5.41. The summed E-state index contributed by atoms with van der Waals surface area (Å²) in [6, 6.07) is 0. The molecule has 0 atom stereocenters. The molecule has 3 nitrogen and oxygen atoms in total. The van der Waals surface area contributed by atoms with E-state index in [0.29, 0.717) is 0 Å².